The fourth-order valence-corrected chi connectivity index (χ4v) is 6.41. The number of aryl methyl sites for hydroxylation is 1. The van der Waals surface area contributed by atoms with E-state index >= 15 is 0 Å². The molecule has 0 unspecified atom stereocenters. The Bertz CT molecular complexity index is 1780. The number of Topliss-reactive ketones (excluding diaryl/α,β-unsaturated/α-hetero) is 1. The van der Waals surface area contributed by atoms with Crippen molar-refractivity contribution in [2.75, 3.05) is 13.7 Å². The van der Waals surface area contributed by atoms with E-state index in [9.17, 15) is 39.9 Å². The third-order valence-electron chi connectivity index (χ3n) is 10.2. The van der Waals surface area contributed by atoms with Gasteiger partial charge in [0.2, 0.25) is 5.91 Å². The maximum Gasteiger partial charge on any atom is 0.265 e. The van der Waals surface area contributed by atoms with Crippen LogP contribution in [0.5, 0.6) is 5.75 Å². The molecule has 56 heavy (non-hydrogen) atoms. The molecule has 0 radical (unpaired) electrons. The third kappa shape index (κ3) is 12.8. The molecule has 308 valence electrons. The first-order chi connectivity index (χ1) is 26.4. The summed E-state index contributed by atoms with van der Waals surface area (Å²) in [5, 5.41) is 56.8. The number of ketones is 1. The summed E-state index contributed by atoms with van der Waals surface area (Å²) in [6.07, 6.45) is 20.8. The number of aliphatic hydroxyl groups is 4. The fourth-order valence-electron chi connectivity index (χ4n) is 6.41. The van der Waals surface area contributed by atoms with Crippen LogP contribution in [-0.2, 0) is 21.3 Å². The minimum Gasteiger partial charge on any atom is -0.507 e. The molecule has 12 nitrogen and oxygen atoms in total. The maximum atomic E-state index is 13.2. The molecule has 6 N–H and O–H groups in total. The summed E-state index contributed by atoms with van der Waals surface area (Å²) < 4.78 is 13.0. The number of pyridine rings is 1. The number of allylic oxidation sites excluding steroid dienone is 12. The number of carbonyl (C=O) groups excluding carboxylic acids is 2. The van der Waals surface area contributed by atoms with Gasteiger partial charge in [-0.2, -0.15) is 0 Å². The molecule has 1 aliphatic rings. The van der Waals surface area contributed by atoms with Gasteiger partial charge in [0.25, 0.3) is 5.56 Å². The predicted molar refractivity (Wildman–Crippen MR) is 219 cm³/mol. The number of nitrogens with one attached hydrogen (secondary N) is 1. The van der Waals surface area contributed by atoms with Crippen molar-refractivity contribution in [2.24, 2.45) is 24.3 Å². The van der Waals surface area contributed by atoms with Crippen molar-refractivity contribution in [3.63, 3.8) is 0 Å². The molecular weight excluding hydrogens is 716 g/mol. The van der Waals surface area contributed by atoms with Crippen molar-refractivity contribution in [1.29, 1.82) is 0 Å². The van der Waals surface area contributed by atoms with Crippen molar-refractivity contribution >= 4 is 11.7 Å². The highest BCUT2D eigenvalue weighted by Gasteiger charge is 2.54. The van der Waals surface area contributed by atoms with E-state index in [1.165, 1.54) is 43.1 Å². The summed E-state index contributed by atoms with van der Waals surface area (Å²) >= 11 is 0. The first-order valence-corrected chi connectivity index (χ1v) is 18.9. The normalized spacial score (nSPS) is 23.8. The summed E-state index contributed by atoms with van der Waals surface area (Å²) in [5.41, 5.74) is -0.516. The lowest BCUT2D eigenvalue weighted by Crippen LogP contribution is -2.60. The number of hydrogen-bond donors (Lipinski definition) is 6. The number of methoxy groups -OCH3 is 1. The summed E-state index contributed by atoms with van der Waals surface area (Å²) in [6, 6.07) is 1.29. The molecule has 2 rings (SSSR count). The van der Waals surface area contributed by atoms with Gasteiger partial charge in [0.05, 0.1) is 36.4 Å². The van der Waals surface area contributed by atoms with Crippen LogP contribution in [0.15, 0.2) is 113 Å². The molecule has 1 amide bonds. The van der Waals surface area contributed by atoms with Crippen molar-refractivity contribution in [2.45, 2.75) is 97.6 Å². The minimum absolute atomic E-state index is 0.102. The van der Waals surface area contributed by atoms with Crippen molar-refractivity contribution in [3.05, 3.63) is 124 Å². The van der Waals surface area contributed by atoms with E-state index in [-0.39, 0.29) is 29.9 Å². The van der Waals surface area contributed by atoms with Gasteiger partial charge in [0.15, 0.2) is 11.6 Å². The molecule has 8 atom stereocenters. The van der Waals surface area contributed by atoms with E-state index in [4.69, 9.17) is 9.47 Å². The molecule has 0 saturated carbocycles. The number of aliphatic hydroxyl groups excluding tert-OH is 3. The number of nitrogens with zero attached hydrogens (tertiary/aromatic N) is 1. The Labute approximate surface area is 331 Å². The Kier molecular flexibility index (Phi) is 19.0. The molecule has 1 aromatic heterocycles. The number of rotatable bonds is 19. The van der Waals surface area contributed by atoms with Gasteiger partial charge in [-0.25, -0.2) is 0 Å². The van der Waals surface area contributed by atoms with Gasteiger partial charge in [-0.05, 0) is 44.4 Å². The maximum absolute atomic E-state index is 13.2. The van der Waals surface area contributed by atoms with Crippen molar-refractivity contribution in [1.82, 2.24) is 9.88 Å². The van der Waals surface area contributed by atoms with Crippen molar-refractivity contribution < 1.29 is 44.6 Å². The van der Waals surface area contributed by atoms with Crippen LogP contribution in [0.1, 0.15) is 71.7 Å². The van der Waals surface area contributed by atoms with Crippen LogP contribution in [0.4, 0.5) is 0 Å². The number of amides is 1. The van der Waals surface area contributed by atoms with Gasteiger partial charge < -0.3 is 44.9 Å². The second-order valence-electron chi connectivity index (χ2n) is 14.7. The van der Waals surface area contributed by atoms with E-state index in [0.717, 1.165) is 5.57 Å². The van der Waals surface area contributed by atoms with Crippen LogP contribution in [0.25, 0.3) is 0 Å². The highest BCUT2D eigenvalue weighted by atomic mass is 16.6. The van der Waals surface area contributed by atoms with E-state index in [1.807, 2.05) is 39.8 Å². The average Bonchev–Trinajstić information content (AvgIpc) is 3.14. The van der Waals surface area contributed by atoms with Gasteiger partial charge >= 0.3 is 0 Å². The zero-order chi connectivity index (χ0) is 42.2. The summed E-state index contributed by atoms with van der Waals surface area (Å²) in [6.45, 7) is 12.7. The molecule has 0 aromatic carbocycles. The highest BCUT2D eigenvalue weighted by molar-refractivity contribution is 6.09. The monoisotopic (exact) mass is 778 g/mol. The van der Waals surface area contributed by atoms with Gasteiger partial charge in [-0.15, -0.1) is 0 Å². The molecule has 0 aliphatic carbocycles. The van der Waals surface area contributed by atoms with Crippen LogP contribution >= 0.6 is 0 Å². The molecule has 1 fully saturated rings. The predicted octanol–water partition coefficient (Wildman–Crippen LogP) is 4.90. The second kappa shape index (κ2) is 22.3. The largest absolute Gasteiger partial charge is 0.507 e. The second-order valence-corrected chi connectivity index (χ2v) is 14.7. The SMILES string of the molecule is CC=CC=C[C@H]1O[C@@](O)([C@H](CC)C(=O)NCC=CC=C(C)[C@H](OC)[C@H](C)[C@H](O)[C@@H](O)C=CC=CC=CC=C(C)C(=O)c2c(O)ccn(C)c2=O)C[C@@H](O)C1(C)C. The lowest BCUT2D eigenvalue weighted by atomic mass is 9.72. The van der Waals surface area contributed by atoms with E-state index < -0.39 is 70.8 Å². The van der Waals surface area contributed by atoms with Crippen LogP contribution in [0, 0.1) is 17.3 Å². The Hall–Kier alpha value is -4.43. The number of hydrogen-bond acceptors (Lipinski definition) is 10. The number of aromatic nitrogens is 1. The third-order valence-corrected chi connectivity index (χ3v) is 10.2. The van der Waals surface area contributed by atoms with E-state index in [0.29, 0.717) is 6.42 Å². The quantitative estimate of drug-likeness (QED) is 0.0641. The van der Waals surface area contributed by atoms with Gasteiger partial charge in [0.1, 0.15) is 11.3 Å². The zero-order valence-electron chi connectivity index (χ0n) is 34.1. The molecule has 2 heterocycles. The lowest BCUT2D eigenvalue weighted by Gasteiger charge is -2.50. The highest BCUT2D eigenvalue weighted by Crippen LogP contribution is 2.44. The standard InChI is InChI=1S/C44H62N2O10/c1-10-12-16-24-36-43(6,7)35(49)28-44(54,56-36)32(11-2)41(52)45-26-20-19-22-30(4)40(55-9)31(5)39(51)34(48)23-18-15-13-14-17-21-29(3)38(50)37-33(47)25-27-46(8)42(37)53/h10,12-25,27,31-32,34-36,39-40,47-49,51,54H,11,26,28H2,1-9H3,(H,45,52)/t31-,32-,34+,35-,36-,39+,40+,44-/m1/s1. The lowest BCUT2D eigenvalue weighted by molar-refractivity contribution is -0.314. The Balaban J connectivity index is 1.96. The minimum atomic E-state index is -1.85. The first-order valence-electron chi connectivity index (χ1n) is 18.9. The Morgan fingerprint density at radius 1 is 1.07 bits per heavy atom. The molecule has 1 saturated heterocycles. The van der Waals surface area contributed by atoms with E-state index in [2.05, 4.69) is 5.32 Å². The van der Waals surface area contributed by atoms with Crippen LogP contribution in [0.2, 0.25) is 0 Å². The molecule has 0 spiro atoms. The fraction of sp³-hybridized carbons (Fsp3) is 0.477. The van der Waals surface area contributed by atoms with Gasteiger partial charge in [0, 0.05) is 44.7 Å². The molecule has 12 heteroatoms. The van der Waals surface area contributed by atoms with Gasteiger partial charge in [-0.3, -0.25) is 14.4 Å². The van der Waals surface area contributed by atoms with Crippen LogP contribution < -0.4 is 10.9 Å². The van der Waals surface area contributed by atoms with Crippen LogP contribution in [0.3, 0.4) is 0 Å². The molecule has 1 aliphatic heterocycles. The van der Waals surface area contributed by atoms with Gasteiger partial charge in [-0.1, -0.05) is 113 Å². The van der Waals surface area contributed by atoms with E-state index in [1.54, 1.807) is 81.5 Å². The Morgan fingerprint density at radius 3 is 2.38 bits per heavy atom. The molecular formula is C44H62N2O10. The number of carbonyl (C=O) groups is 2. The topological polar surface area (TPSA) is 188 Å². The van der Waals surface area contributed by atoms with Crippen molar-refractivity contribution in [3.8, 4) is 5.75 Å². The summed E-state index contributed by atoms with van der Waals surface area (Å²) in [4.78, 5) is 38.1. The number of aromatic hydroxyl groups is 1. The summed E-state index contributed by atoms with van der Waals surface area (Å²) in [5.74, 6) is -4.63. The smallest absolute Gasteiger partial charge is 0.265 e. The average molecular weight is 779 g/mol. The molecule has 0 bridgehead atoms. The first kappa shape index (κ1) is 47.7. The Morgan fingerprint density at radius 2 is 1.73 bits per heavy atom. The number of ether oxygens (including phenoxy) is 2. The summed E-state index contributed by atoms with van der Waals surface area (Å²) in [7, 11) is 3.01. The molecule has 1 aromatic rings. The van der Waals surface area contributed by atoms with Crippen LogP contribution in [-0.4, -0.2) is 91.8 Å². The zero-order valence-corrected chi connectivity index (χ0v) is 34.1.